The first kappa shape index (κ1) is 22.3. The topological polar surface area (TPSA) is 122 Å². The molecule has 0 radical (unpaired) electrons. The lowest BCUT2D eigenvalue weighted by Gasteiger charge is -2.33. The third-order valence-electron chi connectivity index (χ3n) is 2.52. The van der Waals surface area contributed by atoms with Crippen LogP contribution in [-0.2, 0) is 42.9 Å². The first-order chi connectivity index (χ1) is 11.1. The summed E-state index contributed by atoms with van der Waals surface area (Å²) in [6.45, 7) is 4.37. The lowest BCUT2D eigenvalue weighted by molar-refractivity contribution is -0.194. The van der Waals surface area contributed by atoms with Crippen molar-refractivity contribution in [1.29, 1.82) is 0 Å². The van der Waals surface area contributed by atoms with Gasteiger partial charge in [-0.25, -0.2) is 0 Å². The summed E-state index contributed by atoms with van der Waals surface area (Å²) in [4.78, 5) is 56.4. The summed E-state index contributed by atoms with van der Waals surface area (Å²) in [5, 5.41) is 0. The van der Waals surface area contributed by atoms with Crippen molar-refractivity contribution < 1.29 is 42.9 Å². The molecule has 0 aromatic heterocycles. The molecule has 0 bridgehead atoms. The number of ether oxygens (including phenoxy) is 4. The van der Waals surface area contributed by atoms with Crippen molar-refractivity contribution in [2.24, 2.45) is 0 Å². The quantitative estimate of drug-likeness (QED) is 0.158. The minimum absolute atomic E-state index is 0.165. The molecular formula is C14H19IO9. The number of hydrogen-bond acceptors (Lipinski definition) is 9. The summed E-state index contributed by atoms with van der Waals surface area (Å²) in [6, 6.07) is 0. The molecule has 0 aliphatic rings. The zero-order valence-corrected chi connectivity index (χ0v) is 15.8. The summed E-state index contributed by atoms with van der Waals surface area (Å²) < 4.78 is 20.1. The average molecular weight is 458 g/mol. The molecule has 24 heavy (non-hydrogen) atoms. The summed E-state index contributed by atoms with van der Waals surface area (Å²) in [5.74, 6) is -3.02. The van der Waals surface area contributed by atoms with Gasteiger partial charge in [-0.2, -0.15) is 0 Å². The minimum atomic E-state index is -1.53. The van der Waals surface area contributed by atoms with Crippen molar-refractivity contribution in [2.45, 2.75) is 52.1 Å². The van der Waals surface area contributed by atoms with E-state index in [1.807, 2.05) is 22.6 Å². The molecule has 136 valence electrons. The van der Waals surface area contributed by atoms with E-state index in [1.165, 1.54) is 0 Å². The van der Waals surface area contributed by atoms with Crippen molar-refractivity contribution >= 4 is 52.8 Å². The highest BCUT2D eigenvalue weighted by Gasteiger charge is 2.42. The predicted octanol–water partition coefficient (Wildman–Crippen LogP) is 0.347. The third-order valence-corrected chi connectivity index (χ3v) is 3.39. The zero-order chi connectivity index (χ0) is 18.9. The van der Waals surface area contributed by atoms with E-state index in [9.17, 15) is 24.0 Å². The second kappa shape index (κ2) is 10.9. The van der Waals surface area contributed by atoms with Crippen LogP contribution in [0.3, 0.4) is 0 Å². The van der Waals surface area contributed by atoms with Crippen LogP contribution in [0, 0.1) is 0 Å². The van der Waals surface area contributed by atoms with E-state index in [0.717, 1.165) is 27.7 Å². The Labute approximate surface area is 152 Å². The van der Waals surface area contributed by atoms with Gasteiger partial charge in [0.1, 0.15) is 0 Å². The van der Waals surface area contributed by atoms with Gasteiger partial charge in [0.2, 0.25) is 0 Å². The smallest absolute Gasteiger partial charge is 0.303 e. The maximum absolute atomic E-state index is 11.4. The molecule has 0 aliphatic carbocycles. The van der Waals surface area contributed by atoms with E-state index in [0.29, 0.717) is 0 Å². The molecule has 0 spiro atoms. The van der Waals surface area contributed by atoms with Crippen LogP contribution in [0.15, 0.2) is 0 Å². The molecular weight excluding hydrogens is 439 g/mol. The molecule has 10 heteroatoms. The second-order valence-electron chi connectivity index (χ2n) is 4.66. The lowest BCUT2D eigenvalue weighted by Crippen LogP contribution is -2.52. The van der Waals surface area contributed by atoms with Crippen LogP contribution >= 0.6 is 22.6 Å². The zero-order valence-electron chi connectivity index (χ0n) is 13.6. The fourth-order valence-electron chi connectivity index (χ4n) is 1.82. The molecule has 0 N–H and O–H groups in total. The Kier molecular flexibility index (Phi) is 10.2. The van der Waals surface area contributed by atoms with Gasteiger partial charge in [0.15, 0.2) is 30.7 Å². The Morgan fingerprint density at radius 1 is 0.792 bits per heavy atom. The van der Waals surface area contributed by atoms with E-state index in [2.05, 4.69) is 0 Å². The van der Waals surface area contributed by atoms with Crippen LogP contribution in [0.5, 0.6) is 0 Å². The largest absolute Gasteiger partial charge is 0.458 e. The van der Waals surface area contributed by atoms with E-state index in [4.69, 9.17) is 18.9 Å². The Balaban J connectivity index is 5.79. The average Bonchev–Trinajstić information content (AvgIpc) is 2.45. The maximum atomic E-state index is 11.4. The Morgan fingerprint density at radius 3 is 1.54 bits per heavy atom. The number of rotatable bonds is 9. The molecule has 4 atom stereocenters. The van der Waals surface area contributed by atoms with Crippen LogP contribution in [0.2, 0.25) is 0 Å². The van der Waals surface area contributed by atoms with Gasteiger partial charge in [0, 0.05) is 32.1 Å². The molecule has 0 saturated heterocycles. The first-order valence-corrected chi connectivity index (χ1v) is 8.35. The van der Waals surface area contributed by atoms with Gasteiger partial charge in [0.25, 0.3) is 0 Å². The Morgan fingerprint density at radius 2 is 1.21 bits per heavy atom. The molecule has 0 amide bonds. The molecule has 9 nitrogen and oxygen atoms in total. The maximum Gasteiger partial charge on any atom is 0.303 e. The molecule has 4 unspecified atom stereocenters. The normalized spacial score (nSPS) is 15.2. The van der Waals surface area contributed by atoms with E-state index < -0.39 is 48.3 Å². The number of hydrogen-bond donors (Lipinski definition) is 0. The fraction of sp³-hybridized carbons (Fsp3) is 0.643. The minimum Gasteiger partial charge on any atom is -0.458 e. The molecule has 0 fully saturated rings. The van der Waals surface area contributed by atoms with Crippen molar-refractivity contribution in [1.82, 2.24) is 0 Å². The van der Waals surface area contributed by atoms with Gasteiger partial charge in [-0.15, -0.1) is 0 Å². The van der Waals surface area contributed by atoms with Crippen LogP contribution in [0.1, 0.15) is 27.7 Å². The number of carbonyl (C=O) groups excluding carboxylic acids is 5. The molecule has 0 aliphatic heterocycles. The van der Waals surface area contributed by atoms with Crippen LogP contribution in [-0.4, -0.2) is 59.0 Å². The highest BCUT2D eigenvalue weighted by Crippen LogP contribution is 2.20. The van der Waals surface area contributed by atoms with Crippen LogP contribution in [0.4, 0.5) is 0 Å². The Bertz CT molecular complexity index is 491. The van der Waals surface area contributed by atoms with E-state index in [1.54, 1.807) is 0 Å². The third kappa shape index (κ3) is 8.22. The van der Waals surface area contributed by atoms with Gasteiger partial charge in [-0.3, -0.25) is 24.0 Å². The summed E-state index contributed by atoms with van der Waals surface area (Å²) in [5.41, 5.74) is 0. The standard InChI is InChI=1S/C14H19IO9/c1-7(17)21-11(5-15)13(23-9(3)19)14(24-10(4)20)12(6-16)22-8(2)18/h6,11-14H,5H2,1-4H3. The Hall–Kier alpha value is -1.72. The van der Waals surface area contributed by atoms with Crippen LogP contribution in [0.25, 0.3) is 0 Å². The molecule has 0 saturated carbocycles. The number of halogens is 1. The van der Waals surface area contributed by atoms with Crippen molar-refractivity contribution in [3.05, 3.63) is 0 Å². The van der Waals surface area contributed by atoms with Gasteiger partial charge in [-0.1, -0.05) is 22.6 Å². The summed E-state index contributed by atoms with van der Waals surface area (Å²) in [6.07, 6.45) is -5.11. The SMILES string of the molecule is CC(=O)OC(C=O)C(OC(C)=O)C(OC(C)=O)C(CI)OC(C)=O. The molecule has 0 aromatic carbocycles. The van der Waals surface area contributed by atoms with E-state index in [-0.39, 0.29) is 10.7 Å². The van der Waals surface area contributed by atoms with Crippen LogP contribution < -0.4 is 0 Å². The fourth-order valence-corrected chi connectivity index (χ4v) is 2.50. The highest BCUT2D eigenvalue weighted by molar-refractivity contribution is 14.1. The summed E-state index contributed by atoms with van der Waals surface area (Å²) >= 11 is 1.87. The molecule has 0 aromatic rings. The number of aldehydes is 1. The first-order valence-electron chi connectivity index (χ1n) is 6.82. The van der Waals surface area contributed by atoms with Crippen molar-refractivity contribution in [2.75, 3.05) is 4.43 Å². The number of esters is 4. The van der Waals surface area contributed by atoms with Gasteiger partial charge in [-0.05, 0) is 0 Å². The van der Waals surface area contributed by atoms with Gasteiger partial charge in [0.05, 0.1) is 0 Å². The number of carbonyl (C=O) groups is 5. The van der Waals surface area contributed by atoms with Gasteiger partial charge < -0.3 is 18.9 Å². The highest BCUT2D eigenvalue weighted by atomic mass is 127. The summed E-state index contributed by atoms with van der Waals surface area (Å²) in [7, 11) is 0. The van der Waals surface area contributed by atoms with Crippen molar-refractivity contribution in [3.63, 3.8) is 0 Å². The molecule has 0 rings (SSSR count). The lowest BCUT2D eigenvalue weighted by atomic mass is 10.0. The monoisotopic (exact) mass is 458 g/mol. The van der Waals surface area contributed by atoms with E-state index >= 15 is 0 Å². The molecule has 0 heterocycles. The number of alkyl halides is 1. The second-order valence-corrected chi connectivity index (χ2v) is 5.54. The van der Waals surface area contributed by atoms with Gasteiger partial charge >= 0.3 is 23.9 Å². The van der Waals surface area contributed by atoms with Crippen molar-refractivity contribution in [3.8, 4) is 0 Å². The predicted molar refractivity (Wildman–Crippen MR) is 87.2 cm³/mol.